The fourth-order valence-corrected chi connectivity index (χ4v) is 4.07. The SMILES string of the molecule is Cc1ccc(S(=O)(=O)N(C)CC2CCCC2)c(N)c1. The lowest BCUT2D eigenvalue weighted by Gasteiger charge is -2.21. The van der Waals surface area contributed by atoms with Crippen LogP contribution in [0.25, 0.3) is 0 Å². The van der Waals surface area contributed by atoms with E-state index in [-0.39, 0.29) is 4.90 Å². The highest BCUT2D eigenvalue weighted by Gasteiger charge is 2.26. The van der Waals surface area contributed by atoms with E-state index < -0.39 is 10.0 Å². The van der Waals surface area contributed by atoms with Crippen LogP contribution in [-0.2, 0) is 10.0 Å². The molecule has 0 aromatic heterocycles. The molecule has 1 fully saturated rings. The second-order valence-electron chi connectivity index (χ2n) is 5.48. The molecule has 106 valence electrons. The third-order valence-electron chi connectivity index (χ3n) is 3.84. The molecule has 0 bridgehead atoms. The van der Waals surface area contributed by atoms with E-state index in [4.69, 9.17) is 5.73 Å². The van der Waals surface area contributed by atoms with Gasteiger partial charge in [-0.3, -0.25) is 0 Å². The van der Waals surface area contributed by atoms with Crippen LogP contribution in [0.2, 0.25) is 0 Å². The number of nitrogens with zero attached hydrogens (tertiary/aromatic N) is 1. The minimum absolute atomic E-state index is 0.221. The average molecular weight is 282 g/mol. The van der Waals surface area contributed by atoms with Crippen LogP contribution in [0, 0.1) is 12.8 Å². The number of nitrogen functional groups attached to an aromatic ring is 1. The van der Waals surface area contributed by atoms with Gasteiger partial charge in [-0.2, -0.15) is 0 Å². The summed E-state index contributed by atoms with van der Waals surface area (Å²) in [6.07, 6.45) is 4.68. The van der Waals surface area contributed by atoms with Gasteiger partial charge in [0.15, 0.2) is 0 Å². The molecule has 0 radical (unpaired) electrons. The van der Waals surface area contributed by atoms with Crippen molar-refractivity contribution in [1.29, 1.82) is 0 Å². The van der Waals surface area contributed by atoms with E-state index in [2.05, 4.69) is 0 Å². The average Bonchev–Trinajstić information content (AvgIpc) is 2.81. The van der Waals surface area contributed by atoms with Crippen molar-refractivity contribution >= 4 is 15.7 Å². The van der Waals surface area contributed by atoms with Crippen molar-refractivity contribution in [3.63, 3.8) is 0 Å². The molecule has 0 amide bonds. The molecular weight excluding hydrogens is 260 g/mol. The summed E-state index contributed by atoms with van der Waals surface area (Å²) in [4.78, 5) is 0.221. The van der Waals surface area contributed by atoms with E-state index in [1.807, 2.05) is 6.92 Å². The first-order valence-electron chi connectivity index (χ1n) is 6.73. The van der Waals surface area contributed by atoms with Gasteiger partial charge in [-0.05, 0) is 43.4 Å². The van der Waals surface area contributed by atoms with Crippen LogP contribution in [0.1, 0.15) is 31.2 Å². The van der Waals surface area contributed by atoms with Crippen molar-refractivity contribution in [2.75, 3.05) is 19.3 Å². The monoisotopic (exact) mass is 282 g/mol. The highest BCUT2D eigenvalue weighted by Crippen LogP contribution is 2.28. The Morgan fingerprint density at radius 3 is 2.53 bits per heavy atom. The molecule has 1 aromatic carbocycles. The molecule has 1 aliphatic carbocycles. The number of anilines is 1. The van der Waals surface area contributed by atoms with Crippen molar-refractivity contribution in [2.24, 2.45) is 5.92 Å². The smallest absolute Gasteiger partial charge is 0.244 e. The van der Waals surface area contributed by atoms with Crippen LogP contribution in [-0.4, -0.2) is 26.3 Å². The molecule has 0 spiro atoms. The van der Waals surface area contributed by atoms with Crippen LogP contribution in [0.3, 0.4) is 0 Å². The zero-order chi connectivity index (χ0) is 14.0. The van der Waals surface area contributed by atoms with Crippen LogP contribution in [0.4, 0.5) is 5.69 Å². The van der Waals surface area contributed by atoms with Crippen LogP contribution >= 0.6 is 0 Å². The zero-order valence-electron chi connectivity index (χ0n) is 11.6. The molecule has 0 aliphatic heterocycles. The topological polar surface area (TPSA) is 63.4 Å². The van der Waals surface area contributed by atoms with Gasteiger partial charge in [0, 0.05) is 13.6 Å². The molecular formula is C14H22N2O2S. The number of sulfonamides is 1. The van der Waals surface area contributed by atoms with E-state index >= 15 is 0 Å². The maximum absolute atomic E-state index is 12.5. The molecule has 0 saturated heterocycles. The van der Waals surface area contributed by atoms with Crippen LogP contribution in [0.5, 0.6) is 0 Å². The Bertz CT molecular complexity index is 549. The molecule has 2 rings (SSSR count). The highest BCUT2D eigenvalue weighted by atomic mass is 32.2. The molecule has 1 aliphatic rings. The number of benzene rings is 1. The predicted molar refractivity (Wildman–Crippen MR) is 77.4 cm³/mol. The van der Waals surface area contributed by atoms with Crippen molar-refractivity contribution in [1.82, 2.24) is 4.31 Å². The summed E-state index contributed by atoms with van der Waals surface area (Å²) < 4.78 is 26.4. The Labute approximate surface area is 115 Å². The molecule has 1 aromatic rings. The Kier molecular flexibility index (Phi) is 4.16. The number of nitrogens with two attached hydrogens (primary N) is 1. The van der Waals surface area contributed by atoms with Crippen LogP contribution < -0.4 is 5.73 Å². The number of rotatable bonds is 4. The second kappa shape index (κ2) is 5.51. The van der Waals surface area contributed by atoms with Gasteiger partial charge in [-0.15, -0.1) is 0 Å². The number of hydrogen-bond donors (Lipinski definition) is 1. The Morgan fingerprint density at radius 2 is 1.95 bits per heavy atom. The molecule has 1 saturated carbocycles. The van der Waals surface area contributed by atoms with Crippen molar-refractivity contribution < 1.29 is 8.42 Å². The maximum Gasteiger partial charge on any atom is 0.244 e. The van der Waals surface area contributed by atoms with Gasteiger partial charge >= 0.3 is 0 Å². The van der Waals surface area contributed by atoms with E-state index in [1.54, 1.807) is 25.2 Å². The summed E-state index contributed by atoms with van der Waals surface area (Å²) in [5.74, 6) is 0.492. The fraction of sp³-hybridized carbons (Fsp3) is 0.571. The lowest BCUT2D eigenvalue weighted by Crippen LogP contribution is -2.31. The maximum atomic E-state index is 12.5. The van der Waals surface area contributed by atoms with Gasteiger partial charge in [0.2, 0.25) is 10.0 Å². The van der Waals surface area contributed by atoms with Gasteiger partial charge in [0.05, 0.1) is 5.69 Å². The lowest BCUT2D eigenvalue weighted by atomic mass is 10.1. The first-order chi connectivity index (χ1) is 8.91. The van der Waals surface area contributed by atoms with Gasteiger partial charge in [-0.1, -0.05) is 18.9 Å². The molecule has 0 atom stereocenters. The van der Waals surface area contributed by atoms with Gasteiger partial charge in [0.1, 0.15) is 4.90 Å². The van der Waals surface area contributed by atoms with Crippen molar-refractivity contribution in [3.05, 3.63) is 23.8 Å². The fourth-order valence-electron chi connectivity index (χ4n) is 2.73. The van der Waals surface area contributed by atoms with E-state index in [1.165, 1.54) is 17.1 Å². The van der Waals surface area contributed by atoms with E-state index in [0.717, 1.165) is 18.4 Å². The summed E-state index contributed by atoms with van der Waals surface area (Å²) in [7, 11) is -1.82. The molecule has 5 heteroatoms. The summed E-state index contributed by atoms with van der Waals surface area (Å²) in [5.41, 5.74) is 7.15. The normalized spacial score (nSPS) is 17.2. The summed E-state index contributed by atoms with van der Waals surface area (Å²) in [5, 5.41) is 0. The minimum atomic E-state index is -3.47. The van der Waals surface area contributed by atoms with Gasteiger partial charge in [-0.25, -0.2) is 12.7 Å². The summed E-state index contributed by atoms with van der Waals surface area (Å²) in [6, 6.07) is 5.09. The largest absolute Gasteiger partial charge is 0.398 e. The van der Waals surface area contributed by atoms with E-state index in [9.17, 15) is 8.42 Å². The van der Waals surface area contributed by atoms with Crippen molar-refractivity contribution in [3.8, 4) is 0 Å². The molecule has 2 N–H and O–H groups in total. The third kappa shape index (κ3) is 3.09. The number of aryl methyl sites for hydroxylation is 1. The lowest BCUT2D eigenvalue weighted by molar-refractivity contribution is 0.387. The summed E-state index contributed by atoms with van der Waals surface area (Å²) in [6.45, 7) is 2.49. The van der Waals surface area contributed by atoms with Gasteiger partial charge < -0.3 is 5.73 Å². The zero-order valence-corrected chi connectivity index (χ0v) is 12.4. The molecule has 0 unspecified atom stereocenters. The quantitative estimate of drug-likeness (QED) is 0.862. The van der Waals surface area contributed by atoms with E-state index in [0.29, 0.717) is 18.2 Å². The molecule has 4 nitrogen and oxygen atoms in total. The van der Waals surface area contributed by atoms with Gasteiger partial charge in [0.25, 0.3) is 0 Å². The molecule has 19 heavy (non-hydrogen) atoms. The van der Waals surface area contributed by atoms with Crippen LogP contribution in [0.15, 0.2) is 23.1 Å². The Balaban J connectivity index is 2.20. The second-order valence-corrected chi connectivity index (χ2v) is 7.49. The Morgan fingerprint density at radius 1 is 1.32 bits per heavy atom. The summed E-state index contributed by atoms with van der Waals surface area (Å²) >= 11 is 0. The first kappa shape index (κ1) is 14.3. The standard InChI is InChI=1S/C14H22N2O2S/c1-11-7-8-14(13(15)9-11)19(17,18)16(2)10-12-5-3-4-6-12/h7-9,12H,3-6,10,15H2,1-2H3. The minimum Gasteiger partial charge on any atom is -0.398 e. The number of hydrogen-bond acceptors (Lipinski definition) is 3. The van der Waals surface area contributed by atoms with Crippen molar-refractivity contribution in [2.45, 2.75) is 37.5 Å². The Hall–Kier alpha value is -1.07. The predicted octanol–water partition coefficient (Wildman–Crippen LogP) is 2.39. The first-order valence-corrected chi connectivity index (χ1v) is 8.17. The highest BCUT2D eigenvalue weighted by molar-refractivity contribution is 7.89. The molecule has 0 heterocycles. The third-order valence-corrected chi connectivity index (χ3v) is 5.74.